The van der Waals surface area contributed by atoms with Gasteiger partial charge in [-0.1, -0.05) is 159 Å². The summed E-state index contributed by atoms with van der Waals surface area (Å²) in [5.74, 6) is -3.73. The number of ether oxygens (including phenoxy) is 1. The number of aliphatic hydroxyl groups is 8. The fraction of sp³-hybridized carbons (Fsp3) is 0.435. The molecule has 1 aliphatic heterocycles. The SMILES string of the molecule is CSc1sc(C(=O)C(C)(C)C)c2c1C(C)(C)C(O)C(O)C2.CSc1sc(C(=O)C(C)(C)C)c2cc(O)c(O)cc12.CSc1sc(C(=O)C(C)(C)C)cc1CC(O)CO.Cn1cc(C(=O)C(C)(C)C)c2c1C(C)(C)C(O)C(O)C2.O=C(O)/C=C/c1ccccc1.O=C(O)c1cccc(OCC(=O)N2C[C@@H](O)[C@@H](O)C2)c1.O=C(O)c1cccc2cc(O)c(O)cc12. The van der Waals surface area contributed by atoms with Gasteiger partial charge in [0.1, 0.15) is 5.75 Å². The van der Waals surface area contributed by atoms with Gasteiger partial charge >= 0.3 is 17.9 Å². The van der Waals surface area contributed by atoms with E-state index in [1.165, 1.54) is 99.2 Å². The molecule has 1 amide bonds. The normalized spacial score (nSPS) is 17.8. The highest BCUT2D eigenvalue weighted by Crippen LogP contribution is 2.50. The molecule has 0 saturated carbocycles. The molecule has 4 aromatic heterocycles. The number of phenols is 4. The molecule has 26 nitrogen and oxygen atoms in total. The maximum Gasteiger partial charge on any atom is 0.336 e. The monoisotopic (exact) mass is 1820 g/mol. The minimum Gasteiger partial charge on any atom is -0.504 e. The van der Waals surface area contributed by atoms with E-state index >= 15 is 0 Å². The first-order valence-corrected chi connectivity index (χ1v) is 45.5. The molecule has 7 atom stereocenters. The number of carbonyl (C=O) groups is 8. The highest BCUT2D eigenvalue weighted by Gasteiger charge is 2.48. The van der Waals surface area contributed by atoms with Crippen LogP contribution in [0, 0.1) is 21.7 Å². The summed E-state index contributed by atoms with van der Waals surface area (Å²) in [6.07, 6.45) is 5.57. The number of carboxylic acids is 3. The molecule has 5 aromatic carbocycles. The number of β-amino-alcohol motifs (C(OH)–C–C–N with tert-alkyl or cyclic N) is 2. The molecule has 0 spiro atoms. The van der Waals surface area contributed by atoms with Crippen LogP contribution in [-0.2, 0) is 46.7 Å². The number of fused-ring (bicyclic) bond motifs is 4. The van der Waals surface area contributed by atoms with E-state index in [1.807, 2.05) is 184 Å². The van der Waals surface area contributed by atoms with Crippen molar-refractivity contribution in [1.82, 2.24) is 9.47 Å². The molecule has 674 valence electrons. The quantitative estimate of drug-likeness (QED) is 0.0174. The van der Waals surface area contributed by atoms with Crippen molar-refractivity contribution in [3.8, 4) is 28.7 Å². The third kappa shape index (κ3) is 26.1. The predicted octanol–water partition coefficient (Wildman–Crippen LogP) is 15.0. The number of carboxylic acid groups (broad SMARTS) is 3. The Bertz CT molecular complexity index is 5330. The minimum atomic E-state index is -1.08. The number of aromatic hydroxyl groups is 4. The summed E-state index contributed by atoms with van der Waals surface area (Å²) in [6, 6.07) is 27.2. The van der Waals surface area contributed by atoms with Gasteiger partial charge in [0.15, 0.2) is 52.7 Å². The lowest BCUT2D eigenvalue weighted by Gasteiger charge is -2.39. The van der Waals surface area contributed by atoms with E-state index in [9.17, 15) is 94.5 Å². The van der Waals surface area contributed by atoms with E-state index in [2.05, 4.69) is 0 Å². The topological polar surface area (TPSA) is 457 Å². The third-order valence-corrected chi connectivity index (χ3v) is 27.5. The average molecular weight is 1830 g/mol. The number of rotatable bonds is 17. The molecule has 12 rings (SSSR count). The van der Waals surface area contributed by atoms with E-state index in [0.717, 1.165) is 67.4 Å². The Morgan fingerprint density at radius 2 is 1.02 bits per heavy atom. The number of thioether (sulfide) groups is 3. The number of aliphatic hydroxyl groups excluding tert-OH is 8. The number of hydrogen-bond donors (Lipinski definition) is 15. The summed E-state index contributed by atoms with van der Waals surface area (Å²) in [7, 11) is 1.89. The molecule has 2 aliphatic carbocycles. The summed E-state index contributed by atoms with van der Waals surface area (Å²) in [4.78, 5) is 96.9. The lowest BCUT2D eigenvalue weighted by Crippen LogP contribution is -2.48. The fourth-order valence-corrected chi connectivity index (χ4v) is 20.4. The van der Waals surface area contributed by atoms with Crippen molar-refractivity contribution in [2.45, 2.75) is 196 Å². The van der Waals surface area contributed by atoms with Gasteiger partial charge < -0.3 is 90.8 Å². The van der Waals surface area contributed by atoms with Crippen molar-refractivity contribution in [3.63, 3.8) is 0 Å². The second-order valence-corrected chi connectivity index (χ2v) is 41.6. The number of likely N-dealkylation sites (tertiary alicyclic amines) is 1. The van der Waals surface area contributed by atoms with Crippen molar-refractivity contribution in [2.24, 2.45) is 28.7 Å². The summed E-state index contributed by atoms with van der Waals surface area (Å²) in [6.45, 7) is 30.1. The van der Waals surface area contributed by atoms with Crippen LogP contribution < -0.4 is 4.74 Å². The van der Waals surface area contributed by atoms with Crippen LogP contribution in [0.4, 0.5) is 0 Å². The molecule has 0 radical (unpaired) electrons. The van der Waals surface area contributed by atoms with E-state index in [0.29, 0.717) is 45.9 Å². The molecular formula is C92H116N2O24S6. The minimum absolute atomic E-state index is 0.0490. The number of ketones is 4. The number of benzene rings is 5. The Kier molecular flexibility index (Phi) is 36.0. The number of phenolic OH excluding ortho intramolecular Hbond substituents is 4. The van der Waals surface area contributed by atoms with Crippen LogP contribution in [-0.4, -0.2) is 221 Å². The largest absolute Gasteiger partial charge is 0.504 e. The summed E-state index contributed by atoms with van der Waals surface area (Å²) in [5, 5.41) is 144. The number of amides is 1. The Morgan fingerprint density at radius 3 is 1.53 bits per heavy atom. The number of aromatic carboxylic acids is 2. The molecule has 1 fully saturated rings. The summed E-state index contributed by atoms with van der Waals surface area (Å²) < 4.78 is 10.2. The number of aryl methyl sites for hydroxylation is 1. The lowest BCUT2D eigenvalue weighted by atomic mass is 9.70. The molecule has 15 N–H and O–H groups in total. The Hall–Kier alpha value is -8.97. The summed E-state index contributed by atoms with van der Waals surface area (Å²) in [5.41, 5.74) is 3.62. The van der Waals surface area contributed by atoms with Crippen LogP contribution in [0.5, 0.6) is 28.7 Å². The second-order valence-electron chi connectivity index (χ2n) is 35.2. The van der Waals surface area contributed by atoms with Crippen LogP contribution in [0.1, 0.15) is 204 Å². The molecule has 0 bridgehead atoms. The maximum atomic E-state index is 12.7. The Balaban J connectivity index is 0.000000225. The standard InChI is InChI=1S/C16H25NO3.C16H24O3S2.C14H16O3S2.C13H15NO6.C13H20O3S2.C11H8O4.C9H8O2/c1-15(2,3)13(19)10-8-17(6)12-9(10)7-11(18)14(20)16(12,4)5;1-15(2,3)13(19)11-8-7-9(17)12(18)16(4,5)10(8)14(20-6)21-11;1-14(2,3)12(17)11-7-5-9(15)10(16)6-8(7)13(18-4)19-11;15-10-5-14(6-11(10)16)12(17)7-20-9-3-1-2-8(4-9)13(18)19;1-13(2,3)11(16)10-6-8(5-9(15)7-14)12(17-4)18-10;12-9-4-6-2-1-3-7(11(14)15)8(6)5-10(9)13;10-9(11)7-6-8-4-2-1-3-5-8/h8,11,14,18,20H,7H2,1-6H3;9,12,17-18H,7H2,1-6H3;5-6,15-16H,1-4H3;1-4,10-11,15-16H,5-7H2,(H,18,19);6,9,14-15H,5,7H2,1-4H3;1-5,12-13H,(H,14,15);1-7H,(H,10,11)/b;;;;;;7-6+/t;;;10-,11+;;;. The molecule has 5 heterocycles. The van der Waals surface area contributed by atoms with Gasteiger partial charge in [-0.05, 0) is 113 Å². The summed E-state index contributed by atoms with van der Waals surface area (Å²) >= 11 is 9.11. The first kappa shape index (κ1) is 104. The number of nitrogens with zero attached hydrogens (tertiary/aromatic N) is 2. The Labute approximate surface area is 747 Å². The number of thiophene rings is 3. The number of carbonyl (C=O) groups excluding carboxylic acids is 5. The van der Waals surface area contributed by atoms with Crippen LogP contribution in [0.3, 0.4) is 0 Å². The van der Waals surface area contributed by atoms with Crippen molar-refractivity contribution in [2.75, 3.05) is 45.1 Å². The Morgan fingerprint density at radius 1 is 0.532 bits per heavy atom. The maximum absolute atomic E-state index is 12.7. The van der Waals surface area contributed by atoms with Gasteiger partial charge in [0.2, 0.25) is 0 Å². The van der Waals surface area contributed by atoms with Crippen LogP contribution >= 0.6 is 69.3 Å². The van der Waals surface area contributed by atoms with E-state index in [1.54, 1.807) is 47.8 Å². The molecular weight excluding hydrogens is 1710 g/mol. The zero-order chi connectivity index (χ0) is 93.7. The van der Waals surface area contributed by atoms with E-state index in [-0.39, 0.29) is 95.2 Å². The highest BCUT2D eigenvalue weighted by molar-refractivity contribution is 8.01. The molecule has 9 aromatic rings. The van der Waals surface area contributed by atoms with E-state index in [4.69, 9.17) is 25.2 Å². The van der Waals surface area contributed by atoms with Crippen LogP contribution in [0.25, 0.3) is 27.6 Å². The number of hydrogen-bond acceptors (Lipinski definition) is 27. The average Bonchev–Trinajstić information content (AvgIpc) is 1.58. The second kappa shape index (κ2) is 43.0. The van der Waals surface area contributed by atoms with Gasteiger partial charge in [0.05, 0.1) is 87.7 Å². The van der Waals surface area contributed by atoms with Gasteiger partial charge in [-0.25, -0.2) is 14.4 Å². The fourth-order valence-electron chi connectivity index (χ4n) is 13.6. The van der Waals surface area contributed by atoms with Gasteiger partial charge in [0.25, 0.3) is 5.91 Å². The lowest BCUT2D eigenvalue weighted by molar-refractivity contribution is -0.133. The van der Waals surface area contributed by atoms with Gasteiger partial charge in [-0.15, -0.1) is 69.3 Å². The number of aliphatic carboxylic acids is 1. The molecule has 32 heteroatoms. The third-order valence-electron chi connectivity index (χ3n) is 20.4. The van der Waals surface area contributed by atoms with Crippen molar-refractivity contribution < 1.29 is 120 Å². The first-order valence-electron chi connectivity index (χ1n) is 39.4. The smallest absolute Gasteiger partial charge is 0.336 e. The molecule has 3 aliphatic rings. The zero-order valence-corrected chi connectivity index (χ0v) is 78.2. The van der Waals surface area contributed by atoms with Crippen LogP contribution in [0.15, 0.2) is 128 Å². The highest BCUT2D eigenvalue weighted by atomic mass is 32.2. The number of Topliss-reactive ketones (excluding diaryl/α,β-unsaturated/α-hetero) is 4. The van der Waals surface area contributed by atoms with Gasteiger partial charge in [-0.3, -0.25) is 24.0 Å². The molecule has 1 saturated heterocycles. The van der Waals surface area contributed by atoms with Gasteiger partial charge in [-0.2, -0.15) is 0 Å². The first-order chi connectivity index (χ1) is 57.4. The van der Waals surface area contributed by atoms with Crippen molar-refractivity contribution >= 4 is 144 Å². The number of aromatic nitrogens is 1. The van der Waals surface area contributed by atoms with Crippen molar-refractivity contribution in [1.29, 1.82) is 0 Å². The molecule has 124 heavy (non-hydrogen) atoms. The van der Waals surface area contributed by atoms with Crippen molar-refractivity contribution in [3.05, 3.63) is 180 Å². The van der Waals surface area contributed by atoms with E-state index < -0.39 is 93.1 Å². The zero-order valence-electron chi connectivity index (χ0n) is 73.3. The predicted molar refractivity (Wildman–Crippen MR) is 489 cm³/mol. The molecule has 5 unspecified atom stereocenters. The van der Waals surface area contributed by atoms with Gasteiger partial charge in [0, 0.05) is 112 Å². The van der Waals surface area contributed by atoms with Crippen LogP contribution in [0.2, 0.25) is 0 Å².